The summed E-state index contributed by atoms with van der Waals surface area (Å²) < 4.78 is 0. The van der Waals surface area contributed by atoms with Crippen molar-refractivity contribution in [2.24, 2.45) is 4.99 Å². The van der Waals surface area contributed by atoms with Crippen LogP contribution < -0.4 is 16.0 Å². The van der Waals surface area contributed by atoms with E-state index in [2.05, 4.69) is 20.9 Å². The van der Waals surface area contributed by atoms with E-state index in [0.29, 0.717) is 12.1 Å². The molecule has 2 aliphatic carbocycles. The summed E-state index contributed by atoms with van der Waals surface area (Å²) >= 11 is 0. The minimum atomic E-state index is 0.538. The topological polar surface area (TPSA) is 51.7 Å². The van der Waals surface area contributed by atoms with Gasteiger partial charge >= 0.3 is 0 Å². The lowest BCUT2D eigenvalue weighted by molar-refractivity contribution is 0.244. The SMILES string of the molecule is C1CCC(/N=C(/NCCN2CCNCC2)NC2CCCCC2)CC1. The van der Waals surface area contributed by atoms with Crippen molar-refractivity contribution in [2.45, 2.75) is 76.3 Å². The van der Waals surface area contributed by atoms with Crippen molar-refractivity contribution in [1.29, 1.82) is 0 Å². The fourth-order valence-electron chi connectivity index (χ4n) is 4.23. The molecule has 0 bridgehead atoms. The van der Waals surface area contributed by atoms with Crippen LogP contribution in [-0.4, -0.2) is 62.2 Å². The summed E-state index contributed by atoms with van der Waals surface area (Å²) in [6, 6.07) is 1.17. The minimum absolute atomic E-state index is 0.538. The highest BCUT2D eigenvalue weighted by Crippen LogP contribution is 2.21. The van der Waals surface area contributed by atoms with Gasteiger partial charge in [0.1, 0.15) is 0 Å². The zero-order valence-electron chi connectivity index (χ0n) is 15.4. The van der Waals surface area contributed by atoms with E-state index in [0.717, 1.165) is 32.1 Å². The molecular formula is C19H37N5. The molecule has 0 aromatic heterocycles. The summed E-state index contributed by atoms with van der Waals surface area (Å²) in [4.78, 5) is 7.62. The van der Waals surface area contributed by atoms with E-state index in [1.807, 2.05) is 0 Å². The number of hydrogen-bond donors (Lipinski definition) is 3. The summed E-state index contributed by atoms with van der Waals surface area (Å²) in [5, 5.41) is 10.8. The van der Waals surface area contributed by atoms with Crippen LogP contribution in [0.25, 0.3) is 0 Å². The third-order valence-electron chi connectivity index (χ3n) is 5.76. The molecule has 138 valence electrons. The predicted molar refractivity (Wildman–Crippen MR) is 102 cm³/mol. The number of hydrogen-bond acceptors (Lipinski definition) is 3. The Labute approximate surface area is 148 Å². The highest BCUT2D eigenvalue weighted by atomic mass is 15.2. The summed E-state index contributed by atoms with van der Waals surface area (Å²) in [5.74, 6) is 1.09. The summed E-state index contributed by atoms with van der Waals surface area (Å²) in [5.41, 5.74) is 0. The first-order chi connectivity index (χ1) is 11.9. The van der Waals surface area contributed by atoms with Crippen LogP contribution in [0.3, 0.4) is 0 Å². The molecule has 24 heavy (non-hydrogen) atoms. The number of nitrogens with one attached hydrogen (secondary N) is 3. The lowest BCUT2D eigenvalue weighted by Crippen LogP contribution is -2.49. The van der Waals surface area contributed by atoms with Gasteiger partial charge in [0.15, 0.2) is 5.96 Å². The second kappa shape index (κ2) is 10.2. The van der Waals surface area contributed by atoms with Crippen LogP contribution in [0, 0.1) is 0 Å². The van der Waals surface area contributed by atoms with E-state index in [-0.39, 0.29) is 0 Å². The first-order valence-electron chi connectivity index (χ1n) is 10.4. The molecule has 3 aliphatic rings. The van der Waals surface area contributed by atoms with E-state index in [1.54, 1.807) is 0 Å². The van der Waals surface area contributed by atoms with E-state index in [1.165, 1.54) is 77.3 Å². The van der Waals surface area contributed by atoms with Gasteiger partial charge in [-0.25, -0.2) is 4.99 Å². The fraction of sp³-hybridized carbons (Fsp3) is 0.947. The van der Waals surface area contributed by atoms with Crippen molar-refractivity contribution in [3.8, 4) is 0 Å². The third-order valence-corrected chi connectivity index (χ3v) is 5.76. The van der Waals surface area contributed by atoms with Crippen LogP contribution in [0.1, 0.15) is 64.2 Å². The van der Waals surface area contributed by atoms with Gasteiger partial charge in [-0.15, -0.1) is 0 Å². The maximum absolute atomic E-state index is 5.08. The molecule has 5 heteroatoms. The van der Waals surface area contributed by atoms with Crippen molar-refractivity contribution in [1.82, 2.24) is 20.9 Å². The number of aliphatic imine (C=N–C) groups is 1. The largest absolute Gasteiger partial charge is 0.355 e. The van der Waals surface area contributed by atoms with Gasteiger partial charge in [-0.2, -0.15) is 0 Å². The van der Waals surface area contributed by atoms with Gasteiger partial charge in [-0.3, -0.25) is 4.90 Å². The van der Waals surface area contributed by atoms with Crippen molar-refractivity contribution < 1.29 is 0 Å². The Hall–Kier alpha value is -0.810. The summed E-state index contributed by atoms with van der Waals surface area (Å²) in [7, 11) is 0. The van der Waals surface area contributed by atoms with Gasteiger partial charge in [0.25, 0.3) is 0 Å². The molecule has 1 heterocycles. The summed E-state index contributed by atoms with van der Waals surface area (Å²) in [6.07, 6.45) is 13.4. The van der Waals surface area contributed by atoms with Crippen LogP contribution in [0.4, 0.5) is 0 Å². The highest BCUT2D eigenvalue weighted by Gasteiger charge is 2.18. The highest BCUT2D eigenvalue weighted by molar-refractivity contribution is 5.80. The van der Waals surface area contributed by atoms with Gasteiger partial charge < -0.3 is 16.0 Å². The molecule has 0 unspecified atom stereocenters. The Morgan fingerprint density at radius 1 is 0.917 bits per heavy atom. The van der Waals surface area contributed by atoms with Gasteiger partial charge in [-0.1, -0.05) is 38.5 Å². The van der Waals surface area contributed by atoms with Crippen LogP contribution in [-0.2, 0) is 0 Å². The minimum Gasteiger partial charge on any atom is -0.355 e. The molecule has 3 N–H and O–H groups in total. The lowest BCUT2D eigenvalue weighted by atomic mass is 9.95. The maximum atomic E-state index is 5.08. The van der Waals surface area contributed by atoms with Crippen molar-refractivity contribution in [3.63, 3.8) is 0 Å². The normalized spacial score (nSPS) is 25.6. The number of rotatable bonds is 5. The van der Waals surface area contributed by atoms with E-state index in [9.17, 15) is 0 Å². The second-order valence-electron chi connectivity index (χ2n) is 7.77. The Bertz CT molecular complexity index is 366. The molecule has 1 aliphatic heterocycles. The fourth-order valence-corrected chi connectivity index (χ4v) is 4.23. The van der Waals surface area contributed by atoms with Gasteiger partial charge in [-0.05, 0) is 25.7 Å². The molecule has 2 saturated carbocycles. The molecule has 0 aromatic carbocycles. The average molecular weight is 336 g/mol. The molecule has 0 aromatic rings. The summed E-state index contributed by atoms with van der Waals surface area (Å²) in [6.45, 7) is 6.73. The van der Waals surface area contributed by atoms with Gasteiger partial charge in [0, 0.05) is 45.3 Å². The molecule has 5 nitrogen and oxygen atoms in total. The van der Waals surface area contributed by atoms with Crippen molar-refractivity contribution in [3.05, 3.63) is 0 Å². The molecule has 3 fully saturated rings. The predicted octanol–water partition coefficient (Wildman–Crippen LogP) is 2.09. The Kier molecular flexibility index (Phi) is 7.68. The Morgan fingerprint density at radius 2 is 1.58 bits per heavy atom. The standard InChI is InChI=1S/C19H37N5/c1-3-7-17(8-4-1)22-19(23-18-9-5-2-6-10-18)21-13-16-24-14-11-20-12-15-24/h17-18,20H,1-16H2,(H2,21,22,23). The van der Waals surface area contributed by atoms with Crippen LogP contribution in [0.2, 0.25) is 0 Å². The van der Waals surface area contributed by atoms with Crippen LogP contribution in [0.15, 0.2) is 4.99 Å². The number of piperazine rings is 1. The monoisotopic (exact) mass is 335 g/mol. The molecule has 1 saturated heterocycles. The van der Waals surface area contributed by atoms with Crippen molar-refractivity contribution in [2.75, 3.05) is 39.3 Å². The molecule has 0 amide bonds. The van der Waals surface area contributed by atoms with Gasteiger partial charge in [0.2, 0.25) is 0 Å². The first-order valence-corrected chi connectivity index (χ1v) is 10.4. The molecule has 0 spiro atoms. The molecular weight excluding hydrogens is 298 g/mol. The molecule has 3 rings (SSSR count). The van der Waals surface area contributed by atoms with Crippen molar-refractivity contribution >= 4 is 5.96 Å². The van der Waals surface area contributed by atoms with E-state index >= 15 is 0 Å². The molecule has 0 atom stereocenters. The van der Waals surface area contributed by atoms with E-state index in [4.69, 9.17) is 4.99 Å². The van der Waals surface area contributed by atoms with Crippen LogP contribution >= 0.6 is 0 Å². The average Bonchev–Trinajstić information content (AvgIpc) is 2.64. The Morgan fingerprint density at radius 3 is 2.29 bits per heavy atom. The van der Waals surface area contributed by atoms with Gasteiger partial charge in [0.05, 0.1) is 6.04 Å². The molecule has 0 radical (unpaired) electrons. The third kappa shape index (κ3) is 6.25. The first kappa shape index (κ1) is 18.0. The Balaban J connectivity index is 1.48. The maximum Gasteiger partial charge on any atom is 0.191 e. The zero-order chi connectivity index (χ0) is 16.5. The number of nitrogens with zero attached hydrogens (tertiary/aromatic N) is 2. The van der Waals surface area contributed by atoms with Crippen LogP contribution in [0.5, 0.6) is 0 Å². The van der Waals surface area contributed by atoms with E-state index < -0.39 is 0 Å². The zero-order valence-corrected chi connectivity index (χ0v) is 15.4. The second-order valence-corrected chi connectivity index (χ2v) is 7.77. The number of guanidine groups is 1. The lowest BCUT2D eigenvalue weighted by Gasteiger charge is -2.29. The quantitative estimate of drug-likeness (QED) is 0.532. The smallest absolute Gasteiger partial charge is 0.191 e.